The molecular weight excluding hydrogens is 405 g/mol. The Balaban J connectivity index is 1.56. The van der Waals surface area contributed by atoms with Crippen molar-refractivity contribution in [3.63, 3.8) is 0 Å². The fourth-order valence-electron chi connectivity index (χ4n) is 2.63. The second kappa shape index (κ2) is 8.40. The molecule has 0 fully saturated rings. The van der Waals surface area contributed by atoms with Crippen LogP contribution in [0.2, 0.25) is 0 Å². The number of rotatable bonds is 6. The molecule has 1 aliphatic rings. The molecule has 0 bridgehead atoms. The second-order valence-electron chi connectivity index (χ2n) is 5.79. The zero-order chi connectivity index (χ0) is 18.5. The number of halogens is 2. The summed E-state index contributed by atoms with van der Waals surface area (Å²) in [6.07, 6.45) is -0.244. The van der Waals surface area contributed by atoms with Crippen molar-refractivity contribution in [3.8, 4) is 17.2 Å². The summed E-state index contributed by atoms with van der Waals surface area (Å²) in [6.45, 7) is 3.06. The van der Waals surface area contributed by atoms with Crippen LogP contribution in [0.4, 0.5) is 4.39 Å². The van der Waals surface area contributed by atoms with Crippen molar-refractivity contribution in [3.05, 3.63) is 52.8 Å². The third-order valence-electron chi connectivity index (χ3n) is 3.97. The van der Waals surface area contributed by atoms with Gasteiger partial charge in [0.2, 0.25) is 0 Å². The van der Waals surface area contributed by atoms with Crippen molar-refractivity contribution >= 4 is 21.8 Å². The number of hydrogen-bond donors (Lipinski definition) is 0. The van der Waals surface area contributed by atoms with Gasteiger partial charge in [0, 0.05) is 6.54 Å². The summed E-state index contributed by atoms with van der Waals surface area (Å²) >= 11 is 3.22. The van der Waals surface area contributed by atoms with E-state index in [4.69, 9.17) is 14.2 Å². The minimum Gasteiger partial charge on any atom is -0.486 e. The quantitative estimate of drug-likeness (QED) is 0.711. The lowest BCUT2D eigenvalue weighted by Crippen LogP contribution is -2.45. The van der Waals surface area contributed by atoms with Crippen LogP contribution >= 0.6 is 15.9 Å². The Hall–Kier alpha value is -2.28. The fraction of sp³-hybridized carbons (Fsp3) is 0.316. The van der Waals surface area contributed by atoms with E-state index in [1.165, 1.54) is 18.2 Å². The third-order valence-corrected chi connectivity index (χ3v) is 4.59. The largest absolute Gasteiger partial charge is 0.486 e. The van der Waals surface area contributed by atoms with Crippen molar-refractivity contribution in [1.29, 1.82) is 0 Å². The van der Waals surface area contributed by atoms with Gasteiger partial charge in [-0.15, -0.1) is 0 Å². The molecule has 1 amide bonds. The molecule has 0 radical (unpaired) electrons. The first-order valence-electron chi connectivity index (χ1n) is 8.31. The molecule has 0 aromatic heterocycles. The molecule has 3 rings (SSSR count). The van der Waals surface area contributed by atoms with Crippen LogP contribution in [-0.2, 0) is 4.79 Å². The Morgan fingerprint density at radius 1 is 1.31 bits per heavy atom. The van der Waals surface area contributed by atoms with Gasteiger partial charge in [-0.1, -0.05) is 12.1 Å². The minimum absolute atomic E-state index is 0.137. The number of fused-ring (bicyclic) bond motifs is 1. The summed E-state index contributed by atoms with van der Waals surface area (Å²) in [5, 5.41) is 0. The maximum absolute atomic E-state index is 13.1. The highest BCUT2D eigenvalue weighted by Gasteiger charge is 2.25. The third kappa shape index (κ3) is 4.46. The molecule has 1 atom stereocenters. The number of para-hydroxylation sites is 2. The molecule has 0 N–H and O–H groups in total. The van der Waals surface area contributed by atoms with Crippen LogP contribution < -0.4 is 14.2 Å². The van der Waals surface area contributed by atoms with Gasteiger partial charge in [-0.3, -0.25) is 4.79 Å². The van der Waals surface area contributed by atoms with Crippen LogP contribution in [0, 0.1) is 5.82 Å². The van der Waals surface area contributed by atoms with Gasteiger partial charge >= 0.3 is 0 Å². The first-order valence-corrected chi connectivity index (χ1v) is 9.10. The van der Waals surface area contributed by atoms with Gasteiger partial charge in [0.15, 0.2) is 24.2 Å². The smallest absolute Gasteiger partial charge is 0.260 e. The molecule has 0 saturated carbocycles. The number of likely N-dealkylation sites (N-methyl/N-ethyl adjacent to an activating group) is 1. The van der Waals surface area contributed by atoms with E-state index in [9.17, 15) is 9.18 Å². The topological polar surface area (TPSA) is 48.0 Å². The lowest BCUT2D eigenvalue weighted by atomic mass is 10.2. The molecule has 2 aromatic rings. The lowest BCUT2D eigenvalue weighted by Gasteiger charge is -2.30. The molecule has 2 aromatic carbocycles. The Kier molecular flexibility index (Phi) is 5.98. The highest BCUT2D eigenvalue weighted by atomic mass is 79.9. The molecule has 5 nitrogen and oxygen atoms in total. The fourth-order valence-corrected chi connectivity index (χ4v) is 3.09. The van der Waals surface area contributed by atoms with Gasteiger partial charge in [-0.2, -0.15) is 0 Å². The number of ether oxygens (including phenoxy) is 3. The van der Waals surface area contributed by atoms with Crippen LogP contribution in [0.3, 0.4) is 0 Å². The Morgan fingerprint density at radius 2 is 2.08 bits per heavy atom. The Bertz CT molecular complexity index is 786. The second-order valence-corrected chi connectivity index (χ2v) is 6.65. The maximum atomic E-state index is 13.1. The van der Waals surface area contributed by atoms with Crippen LogP contribution in [0.15, 0.2) is 46.9 Å². The first kappa shape index (κ1) is 18.5. The van der Waals surface area contributed by atoms with E-state index in [-0.39, 0.29) is 24.4 Å². The van der Waals surface area contributed by atoms with E-state index in [2.05, 4.69) is 15.9 Å². The van der Waals surface area contributed by atoms with Gasteiger partial charge in [0.05, 0.1) is 11.0 Å². The summed E-state index contributed by atoms with van der Waals surface area (Å²) in [7, 11) is 0. The average Bonchev–Trinajstić information content (AvgIpc) is 2.65. The number of nitrogens with zero attached hydrogens (tertiary/aromatic N) is 1. The van der Waals surface area contributed by atoms with Crippen molar-refractivity contribution in [2.24, 2.45) is 0 Å². The maximum Gasteiger partial charge on any atom is 0.260 e. The van der Waals surface area contributed by atoms with E-state index in [0.29, 0.717) is 41.4 Å². The van der Waals surface area contributed by atoms with Gasteiger partial charge < -0.3 is 19.1 Å². The standard InChI is InChI=1S/C19H19BrFNO4/c1-2-22(10-14-11-24-17-5-3-4-6-18(17)26-14)19(23)12-25-16-8-7-13(21)9-15(16)20/h3-9,14H,2,10-12H2,1H3. The van der Waals surface area contributed by atoms with Gasteiger partial charge in [-0.05, 0) is 53.2 Å². The Labute approximate surface area is 159 Å². The number of amides is 1. The molecule has 1 heterocycles. The van der Waals surface area contributed by atoms with E-state index in [0.717, 1.165) is 0 Å². The van der Waals surface area contributed by atoms with Crippen LogP contribution in [0.5, 0.6) is 17.2 Å². The monoisotopic (exact) mass is 423 g/mol. The molecule has 26 heavy (non-hydrogen) atoms. The summed E-state index contributed by atoms with van der Waals surface area (Å²) < 4.78 is 30.7. The number of benzene rings is 2. The molecular formula is C19H19BrFNO4. The predicted octanol–water partition coefficient (Wildman–Crippen LogP) is 3.66. The van der Waals surface area contributed by atoms with Crippen LogP contribution in [0.1, 0.15) is 6.92 Å². The molecule has 1 aliphatic heterocycles. The van der Waals surface area contributed by atoms with Crippen LogP contribution in [0.25, 0.3) is 0 Å². The van der Waals surface area contributed by atoms with Gasteiger partial charge in [-0.25, -0.2) is 4.39 Å². The highest BCUT2D eigenvalue weighted by molar-refractivity contribution is 9.10. The first-order chi connectivity index (χ1) is 12.6. The summed E-state index contributed by atoms with van der Waals surface area (Å²) in [4.78, 5) is 14.1. The van der Waals surface area contributed by atoms with Crippen molar-refractivity contribution in [2.45, 2.75) is 13.0 Å². The van der Waals surface area contributed by atoms with E-state index in [1.54, 1.807) is 4.90 Å². The minimum atomic E-state index is -0.375. The zero-order valence-corrected chi connectivity index (χ0v) is 15.9. The average molecular weight is 424 g/mol. The summed E-state index contributed by atoms with van der Waals surface area (Å²) in [5.41, 5.74) is 0. The van der Waals surface area contributed by atoms with E-state index >= 15 is 0 Å². The van der Waals surface area contributed by atoms with E-state index < -0.39 is 0 Å². The normalized spacial score (nSPS) is 15.4. The van der Waals surface area contributed by atoms with E-state index in [1.807, 2.05) is 31.2 Å². The molecule has 0 spiro atoms. The number of carbonyl (C=O) groups is 1. The van der Waals surface area contributed by atoms with Gasteiger partial charge in [0.25, 0.3) is 5.91 Å². The van der Waals surface area contributed by atoms with Crippen LogP contribution in [-0.4, -0.2) is 43.2 Å². The molecule has 7 heteroatoms. The number of carbonyl (C=O) groups excluding carboxylic acids is 1. The Morgan fingerprint density at radius 3 is 2.81 bits per heavy atom. The molecule has 0 saturated heterocycles. The molecule has 1 unspecified atom stereocenters. The highest BCUT2D eigenvalue weighted by Crippen LogP contribution is 2.31. The lowest BCUT2D eigenvalue weighted by molar-refractivity contribution is -0.134. The molecule has 138 valence electrons. The van der Waals surface area contributed by atoms with Crippen molar-refractivity contribution < 1.29 is 23.4 Å². The number of hydrogen-bond acceptors (Lipinski definition) is 4. The summed E-state index contributed by atoms with van der Waals surface area (Å²) in [5.74, 6) is 1.26. The SMILES string of the molecule is CCN(CC1COc2ccccc2O1)C(=O)COc1ccc(F)cc1Br. The van der Waals surface area contributed by atoms with Crippen molar-refractivity contribution in [1.82, 2.24) is 4.90 Å². The summed E-state index contributed by atoms with van der Waals surface area (Å²) in [6, 6.07) is 11.5. The molecule has 0 aliphatic carbocycles. The van der Waals surface area contributed by atoms with Gasteiger partial charge in [0.1, 0.15) is 18.2 Å². The van der Waals surface area contributed by atoms with Crippen molar-refractivity contribution in [2.75, 3.05) is 26.3 Å². The zero-order valence-electron chi connectivity index (χ0n) is 14.3. The predicted molar refractivity (Wildman–Crippen MR) is 98.2 cm³/mol.